The highest BCUT2D eigenvalue weighted by molar-refractivity contribution is 7.86. The van der Waals surface area contributed by atoms with Gasteiger partial charge in [-0.15, -0.1) is 0 Å². The van der Waals surface area contributed by atoms with Gasteiger partial charge in [0, 0.05) is 34.9 Å². The zero-order valence-electron chi connectivity index (χ0n) is 15.7. The van der Waals surface area contributed by atoms with Gasteiger partial charge >= 0.3 is 0 Å². The van der Waals surface area contributed by atoms with Crippen molar-refractivity contribution in [3.63, 3.8) is 0 Å². The molecule has 0 unspecified atom stereocenters. The van der Waals surface area contributed by atoms with Crippen molar-refractivity contribution in [1.82, 2.24) is 0 Å². The van der Waals surface area contributed by atoms with Gasteiger partial charge < -0.3 is 15.0 Å². The summed E-state index contributed by atoms with van der Waals surface area (Å²) >= 11 is 0. The predicted octanol–water partition coefficient (Wildman–Crippen LogP) is 1.91. The molecule has 152 valence electrons. The zero-order chi connectivity index (χ0) is 21.6. The second-order valence-corrected chi connectivity index (χ2v) is 7.57. The fourth-order valence-electron chi connectivity index (χ4n) is 2.80. The molecular weight excluding hydrogens is 404 g/mol. The molecule has 0 fully saturated rings. The van der Waals surface area contributed by atoms with Gasteiger partial charge in [-0.3, -0.25) is 4.79 Å². The summed E-state index contributed by atoms with van der Waals surface area (Å²) in [4.78, 5) is 14.6. The van der Waals surface area contributed by atoms with E-state index >= 15 is 0 Å². The summed E-state index contributed by atoms with van der Waals surface area (Å²) in [5, 5.41) is 13.1. The average Bonchev–Trinajstić information content (AvgIpc) is 2.77. The van der Waals surface area contributed by atoms with Crippen LogP contribution in [-0.2, 0) is 10.1 Å². The second kappa shape index (κ2) is 9.19. The van der Waals surface area contributed by atoms with E-state index in [1.807, 2.05) is 18.4 Å². The highest BCUT2D eigenvalue weighted by Gasteiger charge is 2.17. The minimum atomic E-state index is -4.77. The number of fused-ring (bicyclic) bond motifs is 1. The van der Waals surface area contributed by atoms with Crippen molar-refractivity contribution in [2.75, 3.05) is 5.32 Å². The first-order valence-corrected chi connectivity index (χ1v) is 10.3. The Balaban J connectivity index is 0.000000367. The number of rotatable bonds is 3. The number of hydrogen-bond donors (Lipinski definition) is 3. The van der Waals surface area contributed by atoms with Crippen molar-refractivity contribution in [2.45, 2.75) is 11.3 Å². The van der Waals surface area contributed by atoms with Crippen LogP contribution in [0, 0.1) is 0 Å². The van der Waals surface area contributed by atoms with Gasteiger partial charge in [0.2, 0.25) is 0 Å². The first-order chi connectivity index (χ1) is 14.4. The van der Waals surface area contributed by atoms with Gasteiger partial charge in [0.15, 0.2) is 12.1 Å². The van der Waals surface area contributed by atoms with E-state index in [4.69, 9.17) is 0 Å². The molecule has 7 nitrogen and oxygen atoms in total. The lowest BCUT2D eigenvalue weighted by Gasteiger charge is -2.16. The van der Waals surface area contributed by atoms with Crippen molar-refractivity contribution < 1.29 is 27.9 Å². The number of allylic oxidation sites excluding steroid dienone is 2. The van der Waals surface area contributed by atoms with Crippen LogP contribution in [0.25, 0.3) is 10.8 Å². The van der Waals surface area contributed by atoms with Crippen LogP contribution in [0.15, 0.2) is 83.9 Å². The normalized spacial score (nSPS) is 12.3. The highest BCUT2D eigenvalue weighted by Crippen LogP contribution is 2.37. The Kier molecular flexibility index (Phi) is 6.44. The number of phenolic OH excluding ortho intramolecular Hbond substituents is 1. The number of carbonyl (C=O) groups excluding carboxylic acids is 1. The SMILES string of the molecule is C1=CCC=C[NH+]=1.O=C(Nc1c(O)cc(S(=O)(=O)[O-])c2ccccc12)c1ccccc1. The number of carbonyl (C=O) groups is 1. The van der Waals surface area contributed by atoms with Crippen LogP contribution in [0.2, 0.25) is 0 Å². The third-order valence-corrected chi connectivity index (χ3v) is 5.05. The number of anilines is 1. The van der Waals surface area contributed by atoms with Gasteiger partial charge in [-0.25, -0.2) is 8.42 Å². The fourth-order valence-corrected chi connectivity index (χ4v) is 3.51. The molecule has 0 atom stereocenters. The van der Waals surface area contributed by atoms with E-state index < -0.39 is 26.7 Å². The largest absolute Gasteiger partial charge is 0.744 e. The summed E-state index contributed by atoms with van der Waals surface area (Å²) in [5.74, 6) is 1.87. The van der Waals surface area contributed by atoms with E-state index in [0.717, 1.165) is 12.5 Å². The minimum absolute atomic E-state index is 0.0480. The molecule has 8 heteroatoms. The quantitative estimate of drug-likeness (QED) is 0.440. The van der Waals surface area contributed by atoms with Crippen LogP contribution in [0.5, 0.6) is 5.75 Å². The summed E-state index contributed by atoms with van der Waals surface area (Å²) in [6.45, 7) is 0. The van der Waals surface area contributed by atoms with E-state index in [1.54, 1.807) is 42.5 Å². The second-order valence-electron chi connectivity index (χ2n) is 6.22. The average molecular weight is 422 g/mol. The molecule has 1 amide bonds. The van der Waals surface area contributed by atoms with E-state index in [1.165, 1.54) is 12.1 Å². The minimum Gasteiger partial charge on any atom is -0.744 e. The van der Waals surface area contributed by atoms with Crippen LogP contribution in [-0.4, -0.2) is 29.9 Å². The Hall–Kier alpha value is -3.71. The van der Waals surface area contributed by atoms with Crippen LogP contribution in [0.1, 0.15) is 16.8 Å². The Morgan fingerprint density at radius 3 is 2.27 bits per heavy atom. The van der Waals surface area contributed by atoms with E-state index in [-0.39, 0.29) is 16.5 Å². The number of amides is 1. The topological polar surface area (TPSA) is 120 Å². The molecule has 0 saturated carbocycles. The Morgan fingerprint density at radius 2 is 1.73 bits per heavy atom. The third-order valence-electron chi connectivity index (χ3n) is 4.17. The number of benzene rings is 3. The van der Waals surface area contributed by atoms with Gasteiger partial charge in [-0.05, 0) is 18.2 Å². The summed E-state index contributed by atoms with van der Waals surface area (Å²) in [6.07, 6.45) is 6.88. The molecule has 0 radical (unpaired) electrons. The van der Waals surface area contributed by atoms with E-state index in [2.05, 4.69) is 16.2 Å². The number of phenols is 1. The Labute approximate surface area is 173 Å². The molecule has 0 aromatic heterocycles. The molecule has 3 aromatic rings. The van der Waals surface area contributed by atoms with Crippen LogP contribution < -0.4 is 10.3 Å². The monoisotopic (exact) mass is 422 g/mol. The van der Waals surface area contributed by atoms with Crippen LogP contribution in [0.4, 0.5) is 5.69 Å². The van der Waals surface area contributed by atoms with Crippen molar-refractivity contribution in [3.8, 4) is 5.75 Å². The molecule has 1 aliphatic heterocycles. The maximum atomic E-state index is 12.3. The van der Waals surface area contributed by atoms with Crippen molar-refractivity contribution in [3.05, 3.63) is 84.6 Å². The van der Waals surface area contributed by atoms with E-state index in [0.29, 0.717) is 5.56 Å². The van der Waals surface area contributed by atoms with Gasteiger partial charge in [-0.1, -0.05) is 42.5 Å². The standard InChI is InChI=1S/C17H13NO5S.C5H5N/c19-14-10-15(24(21,22)23)12-8-4-5-9-13(12)16(14)18-17(20)11-6-2-1-3-7-11;1-2-4-6-5-3-1/h1-10,19H,(H,18,20)(H,21,22,23);2-4H,1H2. The molecule has 1 aliphatic rings. The molecular formula is C22H18N2O5S. The fraction of sp³-hybridized carbons (Fsp3) is 0.0455. The summed E-state index contributed by atoms with van der Waals surface area (Å²) in [6, 6.07) is 15.3. The Morgan fingerprint density at radius 1 is 1.07 bits per heavy atom. The number of nitrogens with one attached hydrogen (secondary N) is 2. The number of hydrogen-bond acceptors (Lipinski definition) is 5. The van der Waals surface area contributed by atoms with Crippen molar-refractivity contribution in [1.29, 1.82) is 0 Å². The predicted molar refractivity (Wildman–Crippen MR) is 112 cm³/mol. The lowest BCUT2D eigenvalue weighted by atomic mass is 10.1. The lowest BCUT2D eigenvalue weighted by molar-refractivity contribution is -0.364. The molecule has 30 heavy (non-hydrogen) atoms. The summed E-state index contributed by atoms with van der Waals surface area (Å²) < 4.78 is 34.2. The van der Waals surface area contributed by atoms with Gasteiger partial charge in [0.1, 0.15) is 15.9 Å². The van der Waals surface area contributed by atoms with Gasteiger partial charge in [-0.2, -0.15) is 4.99 Å². The van der Waals surface area contributed by atoms with Crippen molar-refractivity contribution >= 4 is 38.4 Å². The molecule has 0 bridgehead atoms. The van der Waals surface area contributed by atoms with Crippen LogP contribution in [0.3, 0.4) is 0 Å². The maximum absolute atomic E-state index is 12.3. The summed E-state index contributed by atoms with van der Waals surface area (Å²) in [5.41, 5.74) is 0.424. The number of aromatic hydroxyl groups is 1. The molecule has 3 N–H and O–H groups in total. The van der Waals surface area contributed by atoms with Gasteiger partial charge in [0.05, 0.1) is 10.6 Å². The highest BCUT2D eigenvalue weighted by atomic mass is 32.2. The smallest absolute Gasteiger partial charge is 0.255 e. The zero-order valence-corrected chi connectivity index (χ0v) is 16.5. The van der Waals surface area contributed by atoms with Gasteiger partial charge in [0.25, 0.3) is 5.91 Å². The first kappa shape index (κ1) is 21.0. The molecule has 3 aromatic carbocycles. The molecule has 4 rings (SSSR count). The third kappa shape index (κ3) is 5.01. The molecule has 0 spiro atoms. The lowest BCUT2D eigenvalue weighted by Crippen LogP contribution is -2.59. The maximum Gasteiger partial charge on any atom is 0.255 e. The summed E-state index contributed by atoms with van der Waals surface area (Å²) in [7, 11) is -4.77. The van der Waals surface area contributed by atoms with E-state index in [9.17, 15) is 22.9 Å². The molecule has 0 saturated heterocycles. The van der Waals surface area contributed by atoms with Crippen LogP contribution >= 0.6 is 0 Å². The molecule has 0 aliphatic carbocycles. The first-order valence-electron chi connectivity index (χ1n) is 8.92. The molecule has 1 heterocycles. The Bertz CT molecular complexity index is 1280. The van der Waals surface area contributed by atoms with Crippen molar-refractivity contribution in [2.24, 2.45) is 0 Å².